The molecule has 2 aromatic heterocycles. The number of halogens is 3. The molecule has 0 spiro atoms. The van der Waals surface area contributed by atoms with Crippen molar-refractivity contribution >= 4 is 11.7 Å². The second kappa shape index (κ2) is 13.4. The van der Waals surface area contributed by atoms with Gasteiger partial charge in [0.05, 0.1) is 23.1 Å². The van der Waals surface area contributed by atoms with Crippen molar-refractivity contribution in [3.63, 3.8) is 0 Å². The number of anilines is 1. The predicted molar refractivity (Wildman–Crippen MR) is 145 cm³/mol. The Morgan fingerprint density at radius 3 is 2.36 bits per heavy atom. The largest absolute Gasteiger partial charge is 0.486 e. The standard InChI is InChI=1S/C28H27N3O3.C2H3F3/c1-3-31(25-12-10-20(2)11-13-25)18-21-6-4-7-22(14-21)27-9-5-8-24(30-27)19-34-26-15-23(28(32)33)16-29-17-26;1-2(3,4)5/h4-17H,3,18-19H2,1-2H3,(H,32,33);1H3. The summed E-state index contributed by atoms with van der Waals surface area (Å²) in [5.74, 6) is -0.646. The summed E-state index contributed by atoms with van der Waals surface area (Å²) < 4.78 is 36.8. The zero-order chi connectivity index (χ0) is 28.4. The number of benzene rings is 2. The molecule has 0 aliphatic rings. The van der Waals surface area contributed by atoms with Gasteiger partial charge in [-0.2, -0.15) is 13.2 Å². The number of nitrogens with zero attached hydrogens (tertiary/aromatic N) is 3. The molecule has 0 saturated carbocycles. The first kappa shape index (κ1) is 29.2. The molecule has 39 heavy (non-hydrogen) atoms. The fourth-order valence-electron chi connectivity index (χ4n) is 3.68. The minimum atomic E-state index is -4.00. The topological polar surface area (TPSA) is 75.5 Å². The van der Waals surface area contributed by atoms with Crippen molar-refractivity contribution in [3.8, 4) is 17.0 Å². The maximum absolute atomic E-state index is 11.1. The van der Waals surface area contributed by atoms with E-state index in [2.05, 4.69) is 72.3 Å². The summed E-state index contributed by atoms with van der Waals surface area (Å²) in [7, 11) is 0. The number of hydrogen-bond donors (Lipinski definition) is 1. The minimum Gasteiger partial charge on any atom is -0.486 e. The van der Waals surface area contributed by atoms with Crippen LogP contribution in [0.5, 0.6) is 5.75 Å². The Labute approximate surface area is 225 Å². The van der Waals surface area contributed by atoms with Gasteiger partial charge in [0.1, 0.15) is 12.4 Å². The maximum atomic E-state index is 11.1. The maximum Gasteiger partial charge on any atom is 0.386 e. The van der Waals surface area contributed by atoms with Crippen molar-refractivity contribution in [1.29, 1.82) is 0 Å². The molecule has 0 bridgehead atoms. The SMILES string of the molecule is CC(F)(F)F.CCN(Cc1cccc(-c2cccc(COc3cncc(C(=O)O)c3)n2)c1)c1ccc(C)cc1. The van der Waals surface area contributed by atoms with Crippen LogP contribution in [-0.2, 0) is 13.2 Å². The molecule has 0 radical (unpaired) electrons. The fraction of sp³-hybridized carbons (Fsp3) is 0.233. The lowest BCUT2D eigenvalue weighted by Gasteiger charge is -2.23. The molecule has 1 N–H and O–H groups in total. The van der Waals surface area contributed by atoms with Gasteiger partial charge in [-0.25, -0.2) is 9.78 Å². The van der Waals surface area contributed by atoms with Crippen LogP contribution in [-0.4, -0.2) is 33.8 Å². The highest BCUT2D eigenvalue weighted by Gasteiger charge is 2.15. The van der Waals surface area contributed by atoms with E-state index in [4.69, 9.17) is 14.8 Å². The average molecular weight is 538 g/mol. The molecule has 0 aliphatic heterocycles. The highest BCUT2D eigenvalue weighted by Crippen LogP contribution is 2.23. The average Bonchev–Trinajstić information content (AvgIpc) is 2.91. The third-order valence-electron chi connectivity index (χ3n) is 5.53. The predicted octanol–water partition coefficient (Wildman–Crippen LogP) is 7.32. The third kappa shape index (κ3) is 9.77. The fourth-order valence-corrected chi connectivity index (χ4v) is 3.68. The van der Waals surface area contributed by atoms with Crippen LogP contribution in [0, 0.1) is 6.92 Å². The number of aromatic nitrogens is 2. The monoisotopic (exact) mass is 537 g/mol. The summed E-state index contributed by atoms with van der Waals surface area (Å²) in [6.07, 6.45) is -1.22. The zero-order valence-electron chi connectivity index (χ0n) is 21.9. The number of hydrogen-bond acceptors (Lipinski definition) is 5. The summed E-state index contributed by atoms with van der Waals surface area (Å²) >= 11 is 0. The molecule has 0 aliphatic carbocycles. The summed E-state index contributed by atoms with van der Waals surface area (Å²) in [6.45, 7) is 6.39. The Hall–Kier alpha value is -4.40. The molecule has 9 heteroatoms. The number of rotatable bonds is 9. The minimum absolute atomic E-state index is 0.0859. The second-order valence-corrected chi connectivity index (χ2v) is 8.85. The lowest BCUT2D eigenvalue weighted by atomic mass is 10.1. The van der Waals surface area contributed by atoms with Gasteiger partial charge in [0.2, 0.25) is 0 Å². The first-order valence-corrected chi connectivity index (χ1v) is 12.3. The number of alkyl halides is 3. The summed E-state index contributed by atoms with van der Waals surface area (Å²) in [5.41, 5.74) is 6.40. The summed E-state index contributed by atoms with van der Waals surface area (Å²) in [4.78, 5) is 22.1. The molecule has 4 rings (SSSR count). The van der Waals surface area contributed by atoms with Crippen LogP contribution in [0.4, 0.5) is 18.9 Å². The number of aryl methyl sites for hydroxylation is 1. The van der Waals surface area contributed by atoms with E-state index in [1.807, 2.05) is 18.2 Å². The van der Waals surface area contributed by atoms with Crippen molar-refractivity contribution in [2.75, 3.05) is 11.4 Å². The van der Waals surface area contributed by atoms with Crippen LogP contribution in [0.3, 0.4) is 0 Å². The van der Waals surface area contributed by atoms with Gasteiger partial charge < -0.3 is 14.7 Å². The molecule has 6 nitrogen and oxygen atoms in total. The van der Waals surface area contributed by atoms with Crippen molar-refractivity contribution in [1.82, 2.24) is 9.97 Å². The van der Waals surface area contributed by atoms with E-state index in [0.29, 0.717) is 5.75 Å². The van der Waals surface area contributed by atoms with Gasteiger partial charge in [-0.1, -0.05) is 42.0 Å². The van der Waals surface area contributed by atoms with Gasteiger partial charge in [0.25, 0.3) is 0 Å². The van der Waals surface area contributed by atoms with Crippen LogP contribution in [0.15, 0.2) is 85.2 Å². The smallest absolute Gasteiger partial charge is 0.386 e. The van der Waals surface area contributed by atoms with Gasteiger partial charge >= 0.3 is 12.1 Å². The molecular weight excluding hydrogens is 507 g/mol. The number of pyridine rings is 2. The Balaban J connectivity index is 0.000000771. The Kier molecular flexibility index (Phi) is 10.0. The molecule has 0 fully saturated rings. The molecule has 204 valence electrons. The summed E-state index contributed by atoms with van der Waals surface area (Å²) in [6, 6.07) is 24.3. The Bertz CT molecular complexity index is 1370. The van der Waals surface area contributed by atoms with Crippen LogP contribution in [0.25, 0.3) is 11.3 Å². The van der Waals surface area contributed by atoms with Gasteiger partial charge in [-0.05, 0) is 55.8 Å². The molecule has 0 saturated heterocycles. The van der Waals surface area contributed by atoms with E-state index in [1.54, 1.807) is 0 Å². The molecule has 2 heterocycles. The Morgan fingerprint density at radius 2 is 1.69 bits per heavy atom. The molecule has 4 aromatic rings. The molecule has 0 atom stereocenters. The van der Waals surface area contributed by atoms with Gasteiger partial charge in [-0.3, -0.25) is 4.98 Å². The van der Waals surface area contributed by atoms with Crippen molar-refractivity contribution in [3.05, 3.63) is 108 Å². The van der Waals surface area contributed by atoms with Gasteiger partial charge in [0.15, 0.2) is 0 Å². The normalized spacial score (nSPS) is 10.8. The van der Waals surface area contributed by atoms with E-state index in [0.717, 1.165) is 30.0 Å². The zero-order valence-corrected chi connectivity index (χ0v) is 21.9. The number of aromatic carboxylic acids is 1. The molecular formula is C30H30F3N3O3. The number of carboxylic acids is 1. The van der Waals surface area contributed by atoms with Crippen LogP contribution < -0.4 is 9.64 Å². The van der Waals surface area contributed by atoms with Crippen molar-refractivity contribution in [2.24, 2.45) is 0 Å². The highest BCUT2D eigenvalue weighted by molar-refractivity contribution is 5.87. The second-order valence-electron chi connectivity index (χ2n) is 8.85. The van der Waals surface area contributed by atoms with Gasteiger partial charge in [-0.15, -0.1) is 0 Å². The number of carbonyl (C=O) groups is 1. The first-order valence-electron chi connectivity index (χ1n) is 12.3. The van der Waals surface area contributed by atoms with E-state index in [9.17, 15) is 18.0 Å². The van der Waals surface area contributed by atoms with Crippen LogP contribution in [0.1, 0.15) is 41.0 Å². The number of carboxylic acid groups (broad SMARTS) is 1. The van der Waals surface area contributed by atoms with E-state index >= 15 is 0 Å². The molecule has 0 unspecified atom stereocenters. The van der Waals surface area contributed by atoms with Crippen molar-refractivity contribution < 1.29 is 27.8 Å². The van der Waals surface area contributed by atoms with Gasteiger partial charge in [0, 0.05) is 37.5 Å². The molecule has 0 amide bonds. The third-order valence-corrected chi connectivity index (χ3v) is 5.53. The van der Waals surface area contributed by atoms with Crippen LogP contribution in [0.2, 0.25) is 0 Å². The summed E-state index contributed by atoms with van der Waals surface area (Å²) in [5, 5.41) is 9.11. The lowest BCUT2D eigenvalue weighted by molar-refractivity contribution is -0.110. The van der Waals surface area contributed by atoms with Crippen LogP contribution >= 0.6 is 0 Å². The molecule has 2 aromatic carbocycles. The first-order chi connectivity index (χ1) is 18.5. The lowest BCUT2D eigenvalue weighted by Crippen LogP contribution is -2.21. The van der Waals surface area contributed by atoms with E-state index in [1.165, 1.54) is 35.3 Å². The Morgan fingerprint density at radius 1 is 1.00 bits per heavy atom. The van der Waals surface area contributed by atoms with E-state index in [-0.39, 0.29) is 19.1 Å². The van der Waals surface area contributed by atoms with Crippen molar-refractivity contribution in [2.45, 2.75) is 40.1 Å². The quantitative estimate of drug-likeness (QED) is 0.241. The van der Waals surface area contributed by atoms with E-state index < -0.39 is 12.1 Å². The highest BCUT2D eigenvalue weighted by atomic mass is 19.4. The number of ether oxygens (including phenoxy) is 1.